The fourth-order valence-corrected chi connectivity index (χ4v) is 1.67. The van der Waals surface area contributed by atoms with Crippen LogP contribution >= 0.6 is 0 Å². The lowest BCUT2D eigenvalue weighted by Gasteiger charge is -2.31. The number of aromatic amines is 1. The third-order valence-corrected chi connectivity index (χ3v) is 2.39. The maximum atomic E-state index is 3.97. The Morgan fingerprint density at radius 1 is 1.50 bits per heavy atom. The van der Waals surface area contributed by atoms with Crippen LogP contribution in [-0.2, 0) is 0 Å². The van der Waals surface area contributed by atoms with Gasteiger partial charge in [0.05, 0.1) is 0 Å². The van der Waals surface area contributed by atoms with Gasteiger partial charge >= 0.3 is 0 Å². The van der Waals surface area contributed by atoms with Gasteiger partial charge in [0, 0.05) is 12.6 Å². The van der Waals surface area contributed by atoms with E-state index in [1.165, 1.54) is 19.3 Å². The first-order chi connectivity index (χ1) is 5.88. The molecule has 5 nitrogen and oxygen atoms in total. The molecule has 1 aromatic heterocycles. The highest BCUT2D eigenvalue weighted by molar-refractivity contribution is 5.28. The van der Waals surface area contributed by atoms with Crippen LogP contribution in [0.5, 0.6) is 0 Å². The number of rotatable bonds is 1. The largest absolute Gasteiger partial charge is 0.336 e. The van der Waals surface area contributed by atoms with Crippen molar-refractivity contribution < 1.29 is 0 Å². The molecule has 1 N–H and O–H groups in total. The minimum absolute atomic E-state index is 0.552. The predicted molar refractivity (Wildman–Crippen MR) is 44.8 cm³/mol. The number of H-pyrrole nitrogens is 1. The number of tetrazole rings is 1. The number of aromatic nitrogens is 4. The Morgan fingerprint density at radius 3 is 3.08 bits per heavy atom. The number of hydrogen-bond donors (Lipinski definition) is 1. The fourth-order valence-electron chi connectivity index (χ4n) is 1.67. The summed E-state index contributed by atoms with van der Waals surface area (Å²) < 4.78 is 0. The molecular weight excluding hydrogens is 154 g/mol. The molecule has 12 heavy (non-hydrogen) atoms. The number of nitrogens with zero attached hydrogens (tertiary/aromatic N) is 4. The molecule has 1 atom stereocenters. The summed E-state index contributed by atoms with van der Waals surface area (Å²) in [5.41, 5.74) is 0. The van der Waals surface area contributed by atoms with Gasteiger partial charge in [0.15, 0.2) is 0 Å². The molecule has 2 heterocycles. The van der Waals surface area contributed by atoms with Gasteiger partial charge in [-0.05, 0) is 31.4 Å². The Labute approximate surface area is 71.1 Å². The third-order valence-electron chi connectivity index (χ3n) is 2.39. The first-order valence-corrected chi connectivity index (χ1v) is 4.38. The third kappa shape index (κ3) is 1.26. The summed E-state index contributed by atoms with van der Waals surface area (Å²) in [6.45, 7) is 3.26. The van der Waals surface area contributed by atoms with E-state index in [-0.39, 0.29) is 0 Å². The van der Waals surface area contributed by atoms with Crippen molar-refractivity contribution in [2.75, 3.05) is 11.4 Å². The molecular formula is C7H13N5. The van der Waals surface area contributed by atoms with E-state index in [1.54, 1.807) is 0 Å². The van der Waals surface area contributed by atoms with Crippen LogP contribution in [-0.4, -0.2) is 33.2 Å². The molecule has 1 fully saturated rings. The fraction of sp³-hybridized carbons (Fsp3) is 0.857. The second-order valence-electron chi connectivity index (χ2n) is 3.25. The second-order valence-corrected chi connectivity index (χ2v) is 3.25. The van der Waals surface area contributed by atoms with E-state index in [4.69, 9.17) is 0 Å². The van der Waals surface area contributed by atoms with E-state index in [0.717, 1.165) is 12.5 Å². The van der Waals surface area contributed by atoms with Crippen molar-refractivity contribution >= 4 is 5.95 Å². The number of anilines is 1. The van der Waals surface area contributed by atoms with Crippen molar-refractivity contribution in [1.82, 2.24) is 20.6 Å². The predicted octanol–water partition coefficient (Wildman–Crippen LogP) is 0.578. The summed E-state index contributed by atoms with van der Waals surface area (Å²) in [6.07, 6.45) is 3.78. The average Bonchev–Trinajstić information content (AvgIpc) is 2.57. The summed E-state index contributed by atoms with van der Waals surface area (Å²) in [5, 5.41) is 14.0. The van der Waals surface area contributed by atoms with Crippen LogP contribution in [0.4, 0.5) is 5.95 Å². The van der Waals surface area contributed by atoms with Crippen LogP contribution in [0, 0.1) is 0 Å². The van der Waals surface area contributed by atoms with Gasteiger partial charge in [0.2, 0.25) is 0 Å². The van der Waals surface area contributed by atoms with E-state index < -0.39 is 0 Å². The molecule has 2 rings (SSSR count). The highest BCUT2D eigenvalue weighted by atomic mass is 15.5. The van der Waals surface area contributed by atoms with Crippen LogP contribution in [0.1, 0.15) is 26.2 Å². The normalized spacial score (nSPS) is 24.4. The quantitative estimate of drug-likeness (QED) is 0.664. The maximum Gasteiger partial charge on any atom is 0.266 e. The first kappa shape index (κ1) is 7.52. The SMILES string of the molecule is CC1CCCCN1c1nn[nH]n1. The summed E-state index contributed by atoms with van der Waals surface area (Å²) in [6, 6.07) is 0.552. The monoisotopic (exact) mass is 167 g/mol. The Hall–Kier alpha value is -1.13. The minimum atomic E-state index is 0.552. The van der Waals surface area contributed by atoms with Crippen LogP contribution in [0.15, 0.2) is 0 Å². The molecule has 66 valence electrons. The summed E-state index contributed by atoms with van der Waals surface area (Å²) in [5.74, 6) is 0.738. The van der Waals surface area contributed by atoms with E-state index in [9.17, 15) is 0 Å². The average molecular weight is 167 g/mol. The molecule has 0 radical (unpaired) electrons. The molecule has 1 unspecified atom stereocenters. The molecule has 1 saturated heterocycles. The Bertz CT molecular complexity index is 232. The molecule has 5 heteroatoms. The van der Waals surface area contributed by atoms with Crippen molar-refractivity contribution in [2.24, 2.45) is 0 Å². The smallest absolute Gasteiger partial charge is 0.266 e. The van der Waals surface area contributed by atoms with Gasteiger partial charge in [-0.2, -0.15) is 5.21 Å². The number of hydrogen-bond acceptors (Lipinski definition) is 4. The molecule has 0 aromatic carbocycles. The molecule has 0 aliphatic carbocycles. The van der Waals surface area contributed by atoms with Gasteiger partial charge in [-0.25, -0.2) is 0 Å². The lowest BCUT2D eigenvalue weighted by atomic mass is 10.0. The lowest BCUT2D eigenvalue weighted by molar-refractivity contribution is 0.477. The highest BCUT2D eigenvalue weighted by Crippen LogP contribution is 2.19. The Morgan fingerprint density at radius 2 is 2.42 bits per heavy atom. The zero-order valence-electron chi connectivity index (χ0n) is 7.19. The van der Waals surface area contributed by atoms with Crippen molar-refractivity contribution in [2.45, 2.75) is 32.2 Å². The van der Waals surface area contributed by atoms with E-state index in [0.29, 0.717) is 6.04 Å². The lowest BCUT2D eigenvalue weighted by Crippen LogP contribution is -2.38. The van der Waals surface area contributed by atoms with Crippen LogP contribution in [0.3, 0.4) is 0 Å². The molecule has 1 aliphatic heterocycles. The van der Waals surface area contributed by atoms with Crippen molar-refractivity contribution in [3.8, 4) is 0 Å². The van der Waals surface area contributed by atoms with Gasteiger partial charge in [-0.15, -0.1) is 5.10 Å². The molecule has 0 saturated carbocycles. The Balaban J connectivity index is 2.11. The van der Waals surface area contributed by atoms with Crippen molar-refractivity contribution in [3.63, 3.8) is 0 Å². The summed E-state index contributed by atoms with van der Waals surface area (Å²) >= 11 is 0. The topological polar surface area (TPSA) is 57.7 Å². The van der Waals surface area contributed by atoms with Gasteiger partial charge in [-0.3, -0.25) is 0 Å². The van der Waals surface area contributed by atoms with Gasteiger partial charge in [0.25, 0.3) is 5.95 Å². The number of nitrogens with one attached hydrogen (secondary N) is 1. The van der Waals surface area contributed by atoms with Gasteiger partial charge in [0.1, 0.15) is 0 Å². The zero-order valence-corrected chi connectivity index (χ0v) is 7.19. The first-order valence-electron chi connectivity index (χ1n) is 4.38. The van der Waals surface area contributed by atoms with E-state index in [2.05, 4.69) is 32.4 Å². The zero-order chi connectivity index (χ0) is 8.39. The second kappa shape index (κ2) is 3.08. The minimum Gasteiger partial charge on any atom is -0.336 e. The molecule has 0 bridgehead atoms. The van der Waals surface area contributed by atoms with Crippen LogP contribution in [0.25, 0.3) is 0 Å². The van der Waals surface area contributed by atoms with Gasteiger partial charge in [-0.1, -0.05) is 5.10 Å². The van der Waals surface area contributed by atoms with Crippen LogP contribution in [0.2, 0.25) is 0 Å². The van der Waals surface area contributed by atoms with E-state index in [1.807, 2.05) is 0 Å². The molecule has 1 aromatic rings. The van der Waals surface area contributed by atoms with Crippen LogP contribution < -0.4 is 4.90 Å². The number of piperidine rings is 1. The van der Waals surface area contributed by atoms with Crippen molar-refractivity contribution in [1.29, 1.82) is 0 Å². The standard InChI is InChI=1S/C7H13N5/c1-6-4-2-3-5-12(6)7-8-10-11-9-7/h6H,2-5H2,1H3,(H,8,9,10,11). The summed E-state index contributed by atoms with van der Waals surface area (Å²) in [4.78, 5) is 2.20. The molecule has 1 aliphatic rings. The van der Waals surface area contributed by atoms with E-state index >= 15 is 0 Å². The highest BCUT2D eigenvalue weighted by Gasteiger charge is 2.20. The Kier molecular flexibility index (Phi) is 1.93. The summed E-state index contributed by atoms with van der Waals surface area (Å²) in [7, 11) is 0. The maximum absolute atomic E-state index is 3.97. The van der Waals surface area contributed by atoms with Gasteiger partial charge < -0.3 is 4.90 Å². The van der Waals surface area contributed by atoms with Crippen molar-refractivity contribution in [3.05, 3.63) is 0 Å². The molecule has 0 amide bonds. The molecule has 0 spiro atoms.